The molecule has 17 heavy (non-hydrogen) atoms. The highest BCUT2D eigenvalue weighted by Crippen LogP contribution is 2.16. The van der Waals surface area contributed by atoms with Crippen LogP contribution in [-0.2, 0) is 19.2 Å². The lowest BCUT2D eigenvalue weighted by atomic mass is 10.0. The van der Waals surface area contributed by atoms with E-state index in [4.69, 9.17) is 5.11 Å². The number of ketones is 3. The third-order valence-electron chi connectivity index (χ3n) is 2.58. The molecule has 0 amide bonds. The molecule has 1 aliphatic carbocycles. The predicted molar refractivity (Wildman–Crippen MR) is 58.4 cm³/mol. The van der Waals surface area contributed by atoms with E-state index in [1.54, 1.807) is 6.08 Å². The van der Waals surface area contributed by atoms with Gasteiger partial charge in [0.05, 0.1) is 6.42 Å². The van der Waals surface area contributed by atoms with E-state index in [1.807, 2.05) is 0 Å². The van der Waals surface area contributed by atoms with Crippen LogP contribution in [0.2, 0.25) is 0 Å². The molecule has 0 saturated heterocycles. The van der Waals surface area contributed by atoms with Crippen molar-refractivity contribution in [3.8, 4) is 0 Å². The Morgan fingerprint density at radius 2 is 2.00 bits per heavy atom. The fourth-order valence-electron chi connectivity index (χ4n) is 1.64. The van der Waals surface area contributed by atoms with E-state index in [0.29, 0.717) is 19.3 Å². The third-order valence-corrected chi connectivity index (χ3v) is 2.58. The van der Waals surface area contributed by atoms with Gasteiger partial charge in [-0.1, -0.05) is 12.2 Å². The van der Waals surface area contributed by atoms with Crippen LogP contribution in [-0.4, -0.2) is 28.4 Å². The topological polar surface area (TPSA) is 88.5 Å². The number of rotatable bonds is 6. The van der Waals surface area contributed by atoms with Crippen LogP contribution >= 0.6 is 0 Å². The molecule has 0 bridgehead atoms. The zero-order valence-corrected chi connectivity index (χ0v) is 9.35. The highest BCUT2D eigenvalue weighted by molar-refractivity contribution is 6.50. The van der Waals surface area contributed by atoms with Crippen LogP contribution < -0.4 is 0 Å². The van der Waals surface area contributed by atoms with Gasteiger partial charge in [-0.25, -0.2) is 0 Å². The number of aliphatic carboxylic acids is 1. The lowest BCUT2D eigenvalue weighted by Crippen LogP contribution is -2.14. The summed E-state index contributed by atoms with van der Waals surface area (Å²) in [7, 11) is 0. The molecule has 1 rings (SSSR count). The number of allylic oxidation sites excluding steroid dienone is 2. The maximum atomic E-state index is 11.2. The lowest BCUT2D eigenvalue weighted by Gasteiger charge is -1.97. The first-order valence-electron chi connectivity index (χ1n) is 5.50. The van der Waals surface area contributed by atoms with Crippen LogP contribution in [0.4, 0.5) is 0 Å². The van der Waals surface area contributed by atoms with Crippen molar-refractivity contribution in [2.75, 3.05) is 0 Å². The van der Waals surface area contributed by atoms with Crippen LogP contribution in [0.3, 0.4) is 0 Å². The maximum absolute atomic E-state index is 11.2. The van der Waals surface area contributed by atoms with Gasteiger partial charge in [-0.15, -0.1) is 0 Å². The SMILES string of the molecule is O=C(O)CCCCC=CC1C(=O)CC(=O)C1=O. The van der Waals surface area contributed by atoms with Crippen LogP contribution in [0.25, 0.3) is 0 Å². The van der Waals surface area contributed by atoms with E-state index in [9.17, 15) is 19.2 Å². The molecule has 1 aliphatic rings. The number of unbranched alkanes of at least 4 members (excludes halogenated alkanes) is 2. The van der Waals surface area contributed by atoms with Crippen LogP contribution in [0, 0.1) is 5.92 Å². The Hall–Kier alpha value is -1.78. The minimum atomic E-state index is -0.901. The van der Waals surface area contributed by atoms with E-state index in [1.165, 1.54) is 6.08 Å². The first-order valence-corrected chi connectivity index (χ1v) is 5.50. The van der Waals surface area contributed by atoms with Crippen molar-refractivity contribution in [3.05, 3.63) is 12.2 Å². The third kappa shape index (κ3) is 3.94. The molecule has 1 unspecified atom stereocenters. The monoisotopic (exact) mass is 238 g/mol. The Morgan fingerprint density at radius 3 is 2.53 bits per heavy atom. The van der Waals surface area contributed by atoms with Crippen molar-refractivity contribution < 1.29 is 24.3 Å². The molecular formula is C12H14O5. The maximum Gasteiger partial charge on any atom is 0.303 e. The first kappa shape index (κ1) is 13.3. The first-order chi connectivity index (χ1) is 8.02. The lowest BCUT2D eigenvalue weighted by molar-refractivity contribution is -0.137. The van der Waals surface area contributed by atoms with E-state index in [-0.39, 0.29) is 18.6 Å². The van der Waals surface area contributed by atoms with E-state index < -0.39 is 23.5 Å². The summed E-state index contributed by atoms with van der Waals surface area (Å²) >= 11 is 0. The molecule has 1 saturated carbocycles. The second-order valence-electron chi connectivity index (χ2n) is 3.98. The molecule has 0 aliphatic heterocycles. The number of carbonyl (C=O) groups excluding carboxylic acids is 3. The zero-order chi connectivity index (χ0) is 12.8. The Morgan fingerprint density at radius 1 is 1.29 bits per heavy atom. The average Bonchev–Trinajstić information content (AvgIpc) is 2.48. The Labute approximate surface area is 98.5 Å². The molecule has 0 spiro atoms. The molecule has 5 heteroatoms. The van der Waals surface area contributed by atoms with Gasteiger partial charge in [-0.3, -0.25) is 19.2 Å². The number of Topliss-reactive ketones (excluding diaryl/α,β-unsaturated/α-hetero) is 3. The van der Waals surface area contributed by atoms with Crippen molar-refractivity contribution >= 4 is 23.3 Å². The number of carboxylic acid groups (broad SMARTS) is 1. The predicted octanol–water partition coefficient (Wildman–Crippen LogP) is 0.915. The van der Waals surface area contributed by atoms with Crippen molar-refractivity contribution in [2.45, 2.75) is 32.1 Å². The number of hydrogen-bond donors (Lipinski definition) is 1. The largest absolute Gasteiger partial charge is 0.481 e. The Balaban J connectivity index is 2.29. The van der Waals surface area contributed by atoms with E-state index >= 15 is 0 Å². The van der Waals surface area contributed by atoms with E-state index in [0.717, 1.165) is 0 Å². The fraction of sp³-hybridized carbons (Fsp3) is 0.500. The highest BCUT2D eigenvalue weighted by Gasteiger charge is 2.37. The fourth-order valence-corrected chi connectivity index (χ4v) is 1.64. The summed E-state index contributed by atoms with van der Waals surface area (Å²) in [6.07, 6.45) is 4.81. The summed E-state index contributed by atoms with van der Waals surface area (Å²) in [4.78, 5) is 43.6. The van der Waals surface area contributed by atoms with Crippen molar-refractivity contribution in [2.24, 2.45) is 5.92 Å². The summed E-state index contributed by atoms with van der Waals surface area (Å²) in [5, 5.41) is 8.40. The summed E-state index contributed by atoms with van der Waals surface area (Å²) < 4.78 is 0. The van der Waals surface area contributed by atoms with Crippen molar-refractivity contribution in [1.82, 2.24) is 0 Å². The van der Waals surface area contributed by atoms with Gasteiger partial charge < -0.3 is 5.11 Å². The number of hydrogen-bond acceptors (Lipinski definition) is 4. The van der Waals surface area contributed by atoms with Crippen LogP contribution in [0.1, 0.15) is 32.1 Å². The van der Waals surface area contributed by atoms with Crippen LogP contribution in [0.5, 0.6) is 0 Å². The summed E-state index contributed by atoms with van der Waals surface area (Å²) in [6.45, 7) is 0. The van der Waals surface area contributed by atoms with Gasteiger partial charge in [0.25, 0.3) is 0 Å². The minimum Gasteiger partial charge on any atom is -0.481 e. The molecular weight excluding hydrogens is 224 g/mol. The highest BCUT2D eigenvalue weighted by atomic mass is 16.4. The summed E-state index contributed by atoms with van der Waals surface area (Å²) in [6, 6.07) is 0. The summed E-state index contributed by atoms with van der Waals surface area (Å²) in [5.74, 6) is -3.32. The van der Waals surface area contributed by atoms with Gasteiger partial charge in [0, 0.05) is 6.42 Å². The van der Waals surface area contributed by atoms with Gasteiger partial charge in [0.2, 0.25) is 11.6 Å². The molecule has 92 valence electrons. The average molecular weight is 238 g/mol. The molecule has 0 radical (unpaired) electrons. The number of carbonyl (C=O) groups is 4. The molecule has 1 fully saturated rings. The molecule has 0 heterocycles. The zero-order valence-electron chi connectivity index (χ0n) is 9.35. The van der Waals surface area contributed by atoms with Crippen molar-refractivity contribution in [3.63, 3.8) is 0 Å². The van der Waals surface area contributed by atoms with E-state index in [2.05, 4.69) is 0 Å². The van der Waals surface area contributed by atoms with Gasteiger partial charge in [-0.05, 0) is 19.3 Å². The smallest absolute Gasteiger partial charge is 0.303 e. The molecule has 0 aromatic carbocycles. The quantitative estimate of drug-likeness (QED) is 0.321. The van der Waals surface area contributed by atoms with Gasteiger partial charge in [0.1, 0.15) is 5.92 Å². The Kier molecular flexibility index (Phi) is 4.75. The van der Waals surface area contributed by atoms with Gasteiger partial charge in [-0.2, -0.15) is 0 Å². The second-order valence-corrected chi connectivity index (χ2v) is 3.98. The second kappa shape index (κ2) is 6.08. The molecule has 0 aromatic rings. The number of carboxylic acids is 1. The molecule has 1 atom stereocenters. The molecule has 1 N–H and O–H groups in total. The van der Waals surface area contributed by atoms with Crippen molar-refractivity contribution in [1.29, 1.82) is 0 Å². The van der Waals surface area contributed by atoms with Gasteiger partial charge >= 0.3 is 5.97 Å². The molecule has 5 nitrogen and oxygen atoms in total. The molecule has 0 aromatic heterocycles. The van der Waals surface area contributed by atoms with Crippen LogP contribution in [0.15, 0.2) is 12.2 Å². The normalized spacial score (nSPS) is 20.5. The van der Waals surface area contributed by atoms with Gasteiger partial charge in [0.15, 0.2) is 5.78 Å². The minimum absolute atomic E-state index is 0.119. The Bertz CT molecular complexity index is 380. The summed E-state index contributed by atoms with van der Waals surface area (Å²) in [5.41, 5.74) is 0. The standard InChI is InChI=1S/C12H14O5/c13-9-7-10(14)12(17)8(9)5-3-1-2-4-6-11(15)16/h3,5,8H,1-2,4,6-7H2,(H,15,16).